The molecule has 0 radical (unpaired) electrons. The summed E-state index contributed by atoms with van der Waals surface area (Å²) in [5.74, 6) is -0.373. The molecule has 0 aliphatic heterocycles. The molecule has 0 heterocycles. The minimum absolute atomic E-state index is 0.0295. The second kappa shape index (κ2) is 6.81. The van der Waals surface area contributed by atoms with Gasteiger partial charge in [0, 0.05) is 17.3 Å². The van der Waals surface area contributed by atoms with Crippen LogP contribution in [0.25, 0.3) is 21.5 Å². The predicted octanol–water partition coefficient (Wildman–Crippen LogP) is 3.07. The van der Waals surface area contributed by atoms with Gasteiger partial charge in [0.2, 0.25) is 0 Å². The summed E-state index contributed by atoms with van der Waals surface area (Å²) >= 11 is 0. The summed E-state index contributed by atoms with van der Waals surface area (Å²) < 4.78 is 5.26. The number of carbonyl (C=O) groups is 1. The molecule has 0 aliphatic rings. The number of esters is 1. The Morgan fingerprint density at radius 2 is 1.67 bits per heavy atom. The van der Waals surface area contributed by atoms with Gasteiger partial charge in [-0.15, -0.1) is 0 Å². The van der Waals surface area contributed by atoms with Crippen LogP contribution in [0.3, 0.4) is 0 Å². The standard InChI is InChI=1S/C20H19NO3/c1-21(2)11-12-24-20(23)16-9-10-18-15(13-16)8-7-14-5-3-4-6-17(14)19(18)22/h3-10,13H,11-12H2,1-2H3. The van der Waals surface area contributed by atoms with E-state index in [1.807, 2.05) is 55.4 Å². The summed E-state index contributed by atoms with van der Waals surface area (Å²) in [5.41, 5.74) is 0.425. The Morgan fingerprint density at radius 3 is 2.46 bits per heavy atom. The van der Waals surface area contributed by atoms with Gasteiger partial charge < -0.3 is 9.64 Å². The van der Waals surface area contributed by atoms with Crippen molar-refractivity contribution in [1.29, 1.82) is 0 Å². The SMILES string of the molecule is CN(C)CCOC(=O)c1ccc2c(=O)c3ccccc3ccc2c1. The first kappa shape index (κ1) is 16.1. The first-order valence-electron chi connectivity index (χ1n) is 7.84. The molecule has 0 saturated heterocycles. The van der Waals surface area contributed by atoms with Crippen LogP contribution in [0.5, 0.6) is 0 Å². The third-order valence-corrected chi connectivity index (χ3v) is 3.95. The second-order valence-electron chi connectivity index (χ2n) is 5.99. The van der Waals surface area contributed by atoms with E-state index < -0.39 is 0 Å². The van der Waals surface area contributed by atoms with Crippen LogP contribution in [0, 0.1) is 0 Å². The number of hydrogen-bond donors (Lipinski definition) is 0. The molecule has 0 saturated carbocycles. The maximum Gasteiger partial charge on any atom is 0.338 e. The fraction of sp³-hybridized carbons (Fsp3) is 0.200. The molecule has 0 fully saturated rings. The number of carbonyl (C=O) groups excluding carboxylic acids is 1. The highest BCUT2D eigenvalue weighted by atomic mass is 16.5. The van der Waals surface area contributed by atoms with Crippen LogP contribution in [-0.2, 0) is 4.74 Å². The molecule has 0 aliphatic carbocycles. The van der Waals surface area contributed by atoms with Crippen LogP contribution in [0.15, 0.2) is 59.4 Å². The van der Waals surface area contributed by atoms with Crippen LogP contribution in [-0.4, -0.2) is 38.1 Å². The highest BCUT2D eigenvalue weighted by molar-refractivity contribution is 5.98. The van der Waals surface area contributed by atoms with E-state index in [-0.39, 0.29) is 11.4 Å². The topological polar surface area (TPSA) is 46.6 Å². The summed E-state index contributed by atoms with van der Waals surface area (Å²) in [4.78, 5) is 26.8. The molecular formula is C20H19NO3. The average molecular weight is 321 g/mol. The van der Waals surface area contributed by atoms with Crippen LogP contribution >= 0.6 is 0 Å². The monoisotopic (exact) mass is 321 g/mol. The maximum absolute atomic E-state index is 12.7. The molecule has 0 aromatic heterocycles. The zero-order chi connectivity index (χ0) is 17.1. The van der Waals surface area contributed by atoms with Crippen LogP contribution in [0.1, 0.15) is 10.4 Å². The van der Waals surface area contributed by atoms with Crippen molar-refractivity contribution < 1.29 is 9.53 Å². The van der Waals surface area contributed by atoms with Crippen molar-refractivity contribution in [2.45, 2.75) is 0 Å². The molecule has 4 nitrogen and oxygen atoms in total. The van der Waals surface area contributed by atoms with Crippen molar-refractivity contribution in [3.05, 3.63) is 70.4 Å². The fourth-order valence-electron chi connectivity index (χ4n) is 2.61. The summed E-state index contributed by atoms with van der Waals surface area (Å²) in [7, 11) is 3.84. The lowest BCUT2D eigenvalue weighted by atomic mass is 10.1. The molecule has 0 spiro atoms. The van der Waals surface area contributed by atoms with Gasteiger partial charge in [-0.2, -0.15) is 0 Å². The molecule has 0 amide bonds. The number of benzene rings is 2. The summed E-state index contributed by atoms with van der Waals surface area (Å²) in [6.07, 6.45) is 0. The van der Waals surface area contributed by atoms with Crippen molar-refractivity contribution >= 4 is 27.5 Å². The van der Waals surface area contributed by atoms with Crippen molar-refractivity contribution in [2.24, 2.45) is 0 Å². The van der Waals surface area contributed by atoms with E-state index in [2.05, 4.69) is 0 Å². The molecule has 0 N–H and O–H groups in total. The molecule has 122 valence electrons. The summed E-state index contributed by atoms with van der Waals surface area (Å²) in [6, 6.07) is 16.3. The maximum atomic E-state index is 12.7. The Balaban J connectivity index is 2.01. The highest BCUT2D eigenvalue weighted by Crippen LogP contribution is 2.17. The zero-order valence-electron chi connectivity index (χ0n) is 13.8. The smallest absolute Gasteiger partial charge is 0.338 e. The molecule has 24 heavy (non-hydrogen) atoms. The van der Waals surface area contributed by atoms with E-state index in [0.717, 1.165) is 10.8 Å². The lowest BCUT2D eigenvalue weighted by Crippen LogP contribution is -2.20. The Bertz CT molecular complexity index is 964. The van der Waals surface area contributed by atoms with Gasteiger partial charge >= 0.3 is 5.97 Å². The Hall–Kier alpha value is -2.72. The van der Waals surface area contributed by atoms with Crippen molar-refractivity contribution in [3.63, 3.8) is 0 Å². The lowest BCUT2D eigenvalue weighted by molar-refractivity contribution is 0.0482. The fourth-order valence-corrected chi connectivity index (χ4v) is 2.61. The Morgan fingerprint density at radius 1 is 0.958 bits per heavy atom. The number of likely N-dealkylation sites (N-methyl/N-ethyl adjacent to an activating group) is 1. The van der Waals surface area contributed by atoms with Gasteiger partial charge in [0.15, 0.2) is 5.43 Å². The van der Waals surface area contributed by atoms with Gasteiger partial charge in [-0.25, -0.2) is 4.79 Å². The molecule has 0 unspecified atom stereocenters. The normalized spacial score (nSPS) is 11.1. The first-order valence-corrected chi connectivity index (χ1v) is 7.84. The molecule has 3 aromatic carbocycles. The van der Waals surface area contributed by atoms with E-state index in [1.165, 1.54) is 0 Å². The van der Waals surface area contributed by atoms with E-state index in [4.69, 9.17) is 4.74 Å². The molecular weight excluding hydrogens is 302 g/mol. The summed E-state index contributed by atoms with van der Waals surface area (Å²) in [6.45, 7) is 1.01. The lowest BCUT2D eigenvalue weighted by Gasteiger charge is -2.10. The minimum Gasteiger partial charge on any atom is -0.461 e. The number of hydrogen-bond acceptors (Lipinski definition) is 4. The third kappa shape index (κ3) is 3.29. The number of fused-ring (bicyclic) bond motifs is 2. The summed E-state index contributed by atoms with van der Waals surface area (Å²) in [5, 5.41) is 2.89. The molecule has 3 rings (SSSR count). The van der Waals surface area contributed by atoms with Crippen LogP contribution < -0.4 is 5.43 Å². The van der Waals surface area contributed by atoms with Crippen molar-refractivity contribution in [2.75, 3.05) is 27.2 Å². The quantitative estimate of drug-likeness (QED) is 0.693. The van der Waals surface area contributed by atoms with Gasteiger partial charge in [-0.3, -0.25) is 4.79 Å². The molecule has 0 bridgehead atoms. The number of ether oxygens (including phenoxy) is 1. The van der Waals surface area contributed by atoms with Crippen LogP contribution in [0.4, 0.5) is 0 Å². The minimum atomic E-state index is -0.373. The molecule has 0 atom stereocenters. The van der Waals surface area contributed by atoms with Gasteiger partial charge in [-0.05, 0) is 43.1 Å². The average Bonchev–Trinajstić information content (AvgIpc) is 2.72. The largest absolute Gasteiger partial charge is 0.461 e. The van der Waals surface area contributed by atoms with Crippen molar-refractivity contribution in [3.8, 4) is 0 Å². The van der Waals surface area contributed by atoms with Gasteiger partial charge in [0.25, 0.3) is 0 Å². The first-order chi connectivity index (χ1) is 11.6. The Labute approximate surface area is 140 Å². The van der Waals surface area contributed by atoms with E-state index in [9.17, 15) is 9.59 Å². The van der Waals surface area contributed by atoms with Crippen LogP contribution in [0.2, 0.25) is 0 Å². The number of rotatable bonds is 4. The van der Waals surface area contributed by atoms with E-state index in [0.29, 0.717) is 29.5 Å². The van der Waals surface area contributed by atoms with Gasteiger partial charge in [0.1, 0.15) is 6.61 Å². The van der Waals surface area contributed by atoms with Crippen molar-refractivity contribution in [1.82, 2.24) is 4.90 Å². The third-order valence-electron chi connectivity index (χ3n) is 3.95. The molecule has 3 aromatic rings. The Kier molecular flexibility index (Phi) is 4.58. The number of nitrogens with zero attached hydrogens (tertiary/aromatic N) is 1. The van der Waals surface area contributed by atoms with Gasteiger partial charge in [0.05, 0.1) is 5.56 Å². The van der Waals surface area contributed by atoms with Gasteiger partial charge in [-0.1, -0.05) is 36.4 Å². The zero-order valence-corrected chi connectivity index (χ0v) is 13.8. The van der Waals surface area contributed by atoms with E-state index in [1.54, 1.807) is 18.2 Å². The highest BCUT2D eigenvalue weighted by Gasteiger charge is 2.09. The van der Waals surface area contributed by atoms with E-state index >= 15 is 0 Å². The predicted molar refractivity (Wildman–Crippen MR) is 96.6 cm³/mol. The second-order valence-corrected chi connectivity index (χ2v) is 5.99. The molecule has 4 heteroatoms.